The van der Waals surface area contributed by atoms with Crippen molar-refractivity contribution < 1.29 is 9.90 Å². The van der Waals surface area contributed by atoms with Crippen LogP contribution in [0.4, 0.5) is 0 Å². The lowest BCUT2D eigenvalue weighted by atomic mass is 9.82. The molecule has 2 N–H and O–H groups in total. The number of aliphatic hydroxyl groups is 1. The Morgan fingerprint density at radius 3 is 2.20 bits per heavy atom. The quantitative estimate of drug-likeness (QED) is 0.891. The van der Waals surface area contributed by atoms with E-state index < -0.39 is 5.54 Å². The molecule has 0 bridgehead atoms. The van der Waals surface area contributed by atoms with Crippen molar-refractivity contribution in [2.75, 3.05) is 6.61 Å². The third-order valence-corrected chi connectivity index (χ3v) is 4.40. The molecular weight excluding hydrogens is 250 g/mol. The second kappa shape index (κ2) is 5.96. The van der Waals surface area contributed by atoms with Crippen LogP contribution in [0.25, 0.3) is 0 Å². The standard InChI is InChI=1S/C17H25NO2/c1-12-9-13(2)15(14(3)10-12)16(20)18-17(11-19)7-5-4-6-8-17/h9-10,19H,4-8,11H2,1-3H3,(H,18,20). The smallest absolute Gasteiger partial charge is 0.252 e. The van der Waals surface area contributed by atoms with Crippen LogP contribution in [0.2, 0.25) is 0 Å². The van der Waals surface area contributed by atoms with E-state index in [1.54, 1.807) is 0 Å². The number of aliphatic hydroxyl groups excluding tert-OH is 1. The summed E-state index contributed by atoms with van der Waals surface area (Å²) in [5, 5.41) is 12.8. The maximum Gasteiger partial charge on any atom is 0.252 e. The highest BCUT2D eigenvalue weighted by Gasteiger charge is 2.33. The van der Waals surface area contributed by atoms with Crippen LogP contribution in [0, 0.1) is 20.8 Å². The second-order valence-electron chi connectivity index (χ2n) is 6.23. The van der Waals surface area contributed by atoms with Crippen LogP contribution in [0.15, 0.2) is 12.1 Å². The van der Waals surface area contributed by atoms with E-state index in [0.717, 1.165) is 42.4 Å². The summed E-state index contributed by atoms with van der Waals surface area (Å²) in [4.78, 5) is 12.6. The van der Waals surface area contributed by atoms with Gasteiger partial charge in [0, 0.05) is 5.56 Å². The summed E-state index contributed by atoms with van der Waals surface area (Å²) >= 11 is 0. The van der Waals surface area contributed by atoms with Gasteiger partial charge in [-0.3, -0.25) is 4.79 Å². The molecule has 110 valence electrons. The van der Waals surface area contributed by atoms with Crippen molar-refractivity contribution in [1.29, 1.82) is 0 Å². The summed E-state index contributed by atoms with van der Waals surface area (Å²) in [5.74, 6) is -0.0454. The third-order valence-electron chi connectivity index (χ3n) is 4.40. The van der Waals surface area contributed by atoms with Crippen molar-refractivity contribution in [3.63, 3.8) is 0 Å². The van der Waals surface area contributed by atoms with Crippen LogP contribution in [0.5, 0.6) is 0 Å². The van der Waals surface area contributed by atoms with Crippen LogP contribution >= 0.6 is 0 Å². The van der Waals surface area contributed by atoms with E-state index >= 15 is 0 Å². The molecule has 0 aliphatic heterocycles. The maximum atomic E-state index is 12.6. The summed E-state index contributed by atoms with van der Waals surface area (Å²) < 4.78 is 0. The van der Waals surface area contributed by atoms with Crippen molar-refractivity contribution in [3.8, 4) is 0 Å². The van der Waals surface area contributed by atoms with Crippen LogP contribution in [0.3, 0.4) is 0 Å². The van der Waals surface area contributed by atoms with Crippen molar-refractivity contribution in [2.45, 2.75) is 58.4 Å². The number of rotatable bonds is 3. The highest BCUT2D eigenvalue weighted by molar-refractivity contribution is 5.97. The van der Waals surface area contributed by atoms with E-state index in [9.17, 15) is 9.90 Å². The highest BCUT2D eigenvalue weighted by Crippen LogP contribution is 2.28. The topological polar surface area (TPSA) is 49.3 Å². The molecule has 1 saturated carbocycles. The summed E-state index contributed by atoms with van der Waals surface area (Å²) in [7, 11) is 0. The fourth-order valence-electron chi connectivity index (χ4n) is 3.39. The van der Waals surface area contributed by atoms with Crippen LogP contribution in [-0.2, 0) is 0 Å². The van der Waals surface area contributed by atoms with Crippen LogP contribution in [0.1, 0.15) is 59.2 Å². The van der Waals surface area contributed by atoms with E-state index in [1.807, 2.05) is 32.9 Å². The van der Waals surface area contributed by atoms with Gasteiger partial charge in [0.15, 0.2) is 0 Å². The van der Waals surface area contributed by atoms with E-state index in [2.05, 4.69) is 5.32 Å². The van der Waals surface area contributed by atoms with E-state index in [4.69, 9.17) is 0 Å². The average Bonchev–Trinajstić information content (AvgIpc) is 2.38. The second-order valence-corrected chi connectivity index (χ2v) is 6.23. The molecule has 2 rings (SSSR count). The van der Waals surface area contributed by atoms with Crippen molar-refractivity contribution >= 4 is 5.91 Å². The lowest BCUT2D eigenvalue weighted by Crippen LogP contribution is -2.52. The maximum absolute atomic E-state index is 12.6. The lowest BCUT2D eigenvalue weighted by Gasteiger charge is -2.36. The minimum absolute atomic E-state index is 0.0305. The Bertz CT molecular complexity index is 479. The number of amides is 1. The molecule has 0 saturated heterocycles. The molecule has 1 aliphatic carbocycles. The molecule has 1 aromatic rings. The highest BCUT2D eigenvalue weighted by atomic mass is 16.3. The van der Waals surface area contributed by atoms with Gasteiger partial charge in [0.2, 0.25) is 0 Å². The molecule has 1 amide bonds. The lowest BCUT2D eigenvalue weighted by molar-refractivity contribution is 0.0757. The average molecular weight is 275 g/mol. The van der Waals surface area contributed by atoms with Gasteiger partial charge in [-0.05, 0) is 44.7 Å². The first-order chi connectivity index (χ1) is 9.47. The Morgan fingerprint density at radius 2 is 1.70 bits per heavy atom. The van der Waals surface area contributed by atoms with Gasteiger partial charge < -0.3 is 10.4 Å². The molecule has 3 nitrogen and oxygen atoms in total. The molecule has 1 aliphatic rings. The Labute approximate surface area is 121 Å². The first-order valence-corrected chi connectivity index (χ1v) is 7.49. The molecule has 0 spiro atoms. The molecule has 3 heteroatoms. The molecule has 0 radical (unpaired) electrons. The zero-order valence-corrected chi connectivity index (χ0v) is 12.8. The van der Waals surface area contributed by atoms with Gasteiger partial charge >= 0.3 is 0 Å². The van der Waals surface area contributed by atoms with Crippen molar-refractivity contribution in [3.05, 3.63) is 34.4 Å². The minimum Gasteiger partial charge on any atom is -0.394 e. The van der Waals surface area contributed by atoms with Gasteiger partial charge in [-0.1, -0.05) is 37.0 Å². The Balaban J connectivity index is 2.23. The molecule has 0 heterocycles. The number of carbonyl (C=O) groups is 1. The van der Waals surface area contributed by atoms with Gasteiger partial charge in [-0.15, -0.1) is 0 Å². The fourth-order valence-corrected chi connectivity index (χ4v) is 3.39. The first kappa shape index (κ1) is 15.0. The molecule has 1 fully saturated rings. The number of hydrogen-bond donors (Lipinski definition) is 2. The summed E-state index contributed by atoms with van der Waals surface area (Å²) in [6, 6.07) is 4.07. The van der Waals surface area contributed by atoms with E-state index in [0.29, 0.717) is 0 Å². The first-order valence-electron chi connectivity index (χ1n) is 7.49. The van der Waals surface area contributed by atoms with E-state index in [-0.39, 0.29) is 12.5 Å². The zero-order chi connectivity index (χ0) is 14.8. The Morgan fingerprint density at radius 1 is 1.15 bits per heavy atom. The molecule has 0 unspecified atom stereocenters. The van der Waals surface area contributed by atoms with Crippen molar-refractivity contribution in [2.24, 2.45) is 0 Å². The summed E-state index contributed by atoms with van der Waals surface area (Å²) in [5.41, 5.74) is 3.52. The molecule has 0 atom stereocenters. The molecule has 1 aromatic carbocycles. The normalized spacial score (nSPS) is 17.8. The predicted molar refractivity (Wildman–Crippen MR) is 81.0 cm³/mol. The number of aryl methyl sites for hydroxylation is 3. The molecule has 0 aromatic heterocycles. The predicted octanol–water partition coefficient (Wildman–Crippen LogP) is 3.04. The van der Waals surface area contributed by atoms with Crippen molar-refractivity contribution in [1.82, 2.24) is 5.32 Å². The number of hydrogen-bond acceptors (Lipinski definition) is 2. The number of nitrogens with one attached hydrogen (secondary N) is 1. The monoisotopic (exact) mass is 275 g/mol. The number of benzene rings is 1. The minimum atomic E-state index is -0.418. The van der Waals surface area contributed by atoms with Crippen LogP contribution in [-0.4, -0.2) is 23.2 Å². The summed E-state index contributed by atoms with van der Waals surface area (Å²) in [6.45, 7) is 6.02. The number of carbonyl (C=O) groups excluding carboxylic acids is 1. The van der Waals surface area contributed by atoms with Gasteiger partial charge in [-0.2, -0.15) is 0 Å². The SMILES string of the molecule is Cc1cc(C)c(C(=O)NC2(CO)CCCCC2)c(C)c1. The van der Waals surface area contributed by atoms with Crippen LogP contribution < -0.4 is 5.32 Å². The Hall–Kier alpha value is -1.35. The molecular formula is C17H25NO2. The molecule has 20 heavy (non-hydrogen) atoms. The van der Waals surface area contributed by atoms with Gasteiger partial charge in [-0.25, -0.2) is 0 Å². The zero-order valence-electron chi connectivity index (χ0n) is 12.8. The van der Waals surface area contributed by atoms with Gasteiger partial charge in [0.1, 0.15) is 0 Å². The van der Waals surface area contributed by atoms with E-state index in [1.165, 1.54) is 12.0 Å². The largest absolute Gasteiger partial charge is 0.394 e. The Kier molecular flexibility index (Phi) is 4.48. The van der Waals surface area contributed by atoms with Gasteiger partial charge in [0.05, 0.1) is 12.1 Å². The third kappa shape index (κ3) is 3.04. The van der Waals surface area contributed by atoms with Gasteiger partial charge in [0.25, 0.3) is 5.91 Å². The summed E-state index contributed by atoms with van der Waals surface area (Å²) in [6.07, 6.45) is 5.10. The fraction of sp³-hybridized carbons (Fsp3) is 0.588.